The van der Waals surface area contributed by atoms with Gasteiger partial charge in [0.05, 0.1) is 19.3 Å². The molecule has 0 aromatic rings. The second kappa shape index (κ2) is 23.4. The summed E-state index contributed by atoms with van der Waals surface area (Å²) < 4.78 is 12.0. The zero-order valence-electron chi connectivity index (χ0n) is 33.7. The van der Waals surface area contributed by atoms with Crippen LogP contribution in [-0.2, 0) is 30.3 Å². The molecule has 0 bridgehead atoms. The van der Waals surface area contributed by atoms with Gasteiger partial charge in [0.1, 0.15) is 0 Å². The molecule has 0 spiro atoms. The van der Waals surface area contributed by atoms with E-state index >= 15 is 0 Å². The van der Waals surface area contributed by atoms with E-state index in [4.69, 9.17) is 26.5 Å². The van der Waals surface area contributed by atoms with Gasteiger partial charge in [0.2, 0.25) is 0 Å². The van der Waals surface area contributed by atoms with Crippen molar-refractivity contribution in [2.45, 2.75) is 205 Å². The van der Waals surface area contributed by atoms with E-state index in [2.05, 4.69) is 54.6 Å². The molecular formula is C42H82Cl2O2SiZr. The Morgan fingerprint density at radius 3 is 1.19 bits per heavy atom. The summed E-state index contributed by atoms with van der Waals surface area (Å²) >= 11 is -0.826. The van der Waals surface area contributed by atoms with Crippen LogP contribution in [0.25, 0.3) is 0 Å². The molecule has 4 fully saturated rings. The van der Waals surface area contributed by atoms with E-state index in [0.717, 1.165) is 59.8 Å². The molecular weight excluding hydrogens is 727 g/mol. The SMILES string of the molecule is CC(C)(C)OCCCCCCC1CC([Si](C)(C)C2CC(CCCCCCOC(C)(C)C)C3CCCCC32)C2CCCCC12.[CH3-].[CH3-].[Cl][Zr+2][Cl]. The number of hydrogen-bond acceptors (Lipinski definition) is 2. The van der Waals surface area contributed by atoms with Crippen LogP contribution < -0.4 is 0 Å². The van der Waals surface area contributed by atoms with E-state index in [1.807, 2.05) is 0 Å². The molecule has 0 aromatic carbocycles. The van der Waals surface area contributed by atoms with Gasteiger partial charge in [0.25, 0.3) is 0 Å². The van der Waals surface area contributed by atoms with Crippen molar-refractivity contribution in [2.75, 3.05) is 13.2 Å². The van der Waals surface area contributed by atoms with Crippen LogP contribution in [0.3, 0.4) is 0 Å². The third-order valence-electron chi connectivity index (χ3n) is 13.0. The number of unbranched alkanes of at least 4 members (excludes halogenated alkanes) is 6. The van der Waals surface area contributed by atoms with Crippen molar-refractivity contribution in [1.29, 1.82) is 0 Å². The summed E-state index contributed by atoms with van der Waals surface area (Å²) in [6, 6.07) is 0. The zero-order chi connectivity index (χ0) is 33.8. The molecule has 0 aliphatic heterocycles. The molecule has 4 rings (SSSR count). The van der Waals surface area contributed by atoms with E-state index in [9.17, 15) is 0 Å². The standard InChI is InChI=1S/C40H76O2Si.2CH3.2ClH.Zr/c1-39(2,3)41-27-19-11-9-13-21-31-29-37(35-25-17-15-23-33(31)35)43(7,8)38-30-32(34-24-16-18-26-36(34)38)22-14-10-12-20-28-42-40(4,5)6;;;;;/h31-38H,9-30H2,1-8H3;2*1H3;2*1H;/q;2*-1;;;+4/p-2. The monoisotopic (exact) mass is 806 g/mol. The molecule has 4 aliphatic rings. The molecule has 0 radical (unpaired) electrons. The third-order valence-corrected chi connectivity index (χ3v) is 18.2. The van der Waals surface area contributed by atoms with E-state index in [0.29, 0.717) is 0 Å². The van der Waals surface area contributed by atoms with Gasteiger partial charge >= 0.3 is 37.9 Å². The topological polar surface area (TPSA) is 18.5 Å². The van der Waals surface area contributed by atoms with Crippen molar-refractivity contribution < 1.29 is 30.3 Å². The normalized spacial score (nSPS) is 30.2. The number of rotatable bonds is 16. The van der Waals surface area contributed by atoms with Gasteiger partial charge in [0, 0.05) is 13.2 Å². The second-order valence-corrected chi connectivity index (χ2v) is 27.5. The summed E-state index contributed by atoms with van der Waals surface area (Å²) in [5.74, 6) is 6.45. The van der Waals surface area contributed by atoms with E-state index in [-0.39, 0.29) is 26.1 Å². The first-order chi connectivity index (χ1) is 21.8. The zero-order valence-corrected chi connectivity index (χ0v) is 38.7. The number of fused-ring (bicyclic) bond motifs is 2. The summed E-state index contributed by atoms with van der Waals surface area (Å²) in [6.45, 7) is 20.8. The predicted octanol–water partition coefficient (Wildman–Crippen LogP) is 14.9. The molecule has 6 heteroatoms. The van der Waals surface area contributed by atoms with E-state index in [1.54, 1.807) is 38.5 Å². The Balaban J connectivity index is 0.00000222. The van der Waals surface area contributed by atoms with Crippen molar-refractivity contribution in [2.24, 2.45) is 35.5 Å². The summed E-state index contributed by atoms with van der Waals surface area (Å²) in [4.78, 5) is 0. The van der Waals surface area contributed by atoms with Crippen LogP contribution in [0.2, 0.25) is 24.2 Å². The molecule has 0 aromatic heterocycles. The first kappa shape index (κ1) is 47.6. The van der Waals surface area contributed by atoms with Crippen LogP contribution in [0.15, 0.2) is 0 Å². The van der Waals surface area contributed by atoms with Gasteiger partial charge in [-0.2, -0.15) is 0 Å². The van der Waals surface area contributed by atoms with Gasteiger partial charge in [-0.25, -0.2) is 0 Å². The van der Waals surface area contributed by atoms with Gasteiger partial charge in [-0.15, -0.1) is 0 Å². The van der Waals surface area contributed by atoms with E-state index in [1.165, 1.54) is 89.9 Å². The van der Waals surface area contributed by atoms with Crippen molar-refractivity contribution in [3.63, 3.8) is 0 Å². The van der Waals surface area contributed by atoms with Gasteiger partial charge < -0.3 is 24.3 Å². The van der Waals surface area contributed by atoms with Crippen LogP contribution >= 0.6 is 17.0 Å². The van der Waals surface area contributed by atoms with Gasteiger partial charge in [0.15, 0.2) is 0 Å². The van der Waals surface area contributed by atoms with Crippen LogP contribution in [0.1, 0.15) is 170 Å². The fourth-order valence-corrected chi connectivity index (χ4v) is 16.4. The minimum atomic E-state index is -1.34. The molecule has 48 heavy (non-hydrogen) atoms. The quantitative estimate of drug-likeness (QED) is 0.0878. The molecule has 0 heterocycles. The summed E-state index contributed by atoms with van der Waals surface area (Å²) in [5, 5.41) is 0. The first-order valence-corrected chi connectivity index (χ1v) is 29.5. The Hall–Kier alpha value is 1.60. The van der Waals surface area contributed by atoms with Crippen molar-refractivity contribution in [3.8, 4) is 0 Å². The van der Waals surface area contributed by atoms with Crippen molar-refractivity contribution >= 4 is 25.1 Å². The van der Waals surface area contributed by atoms with Gasteiger partial charge in [-0.1, -0.05) is 103 Å². The number of ether oxygens (including phenoxy) is 2. The van der Waals surface area contributed by atoms with Crippen LogP contribution in [0.5, 0.6) is 0 Å². The Morgan fingerprint density at radius 2 is 0.854 bits per heavy atom. The Kier molecular flexibility index (Phi) is 23.2. The molecule has 8 unspecified atom stereocenters. The molecule has 8 atom stereocenters. The predicted molar refractivity (Wildman–Crippen MR) is 214 cm³/mol. The number of hydrogen-bond donors (Lipinski definition) is 0. The molecule has 284 valence electrons. The van der Waals surface area contributed by atoms with Crippen LogP contribution in [-0.4, -0.2) is 32.5 Å². The molecule has 2 nitrogen and oxygen atoms in total. The van der Waals surface area contributed by atoms with Gasteiger partial charge in [-0.05, 0) is 127 Å². The Bertz CT molecular complexity index is 763. The summed E-state index contributed by atoms with van der Waals surface area (Å²) in [7, 11) is 8.53. The minimum absolute atomic E-state index is 0. The van der Waals surface area contributed by atoms with E-state index < -0.39 is 28.9 Å². The second-order valence-electron chi connectivity index (χ2n) is 18.6. The fraction of sp³-hybridized carbons (Fsp3) is 0.952. The molecule has 0 N–H and O–H groups in total. The van der Waals surface area contributed by atoms with Crippen molar-refractivity contribution in [1.82, 2.24) is 0 Å². The molecule has 0 amide bonds. The van der Waals surface area contributed by atoms with Gasteiger partial charge in [-0.3, -0.25) is 0 Å². The average molecular weight is 809 g/mol. The van der Waals surface area contributed by atoms with Crippen LogP contribution in [0.4, 0.5) is 0 Å². The third kappa shape index (κ3) is 15.5. The Morgan fingerprint density at radius 1 is 0.542 bits per heavy atom. The Labute approximate surface area is 322 Å². The molecule has 4 aliphatic carbocycles. The first-order valence-electron chi connectivity index (χ1n) is 20.0. The fourth-order valence-electron chi connectivity index (χ4n) is 11.0. The summed E-state index contributed by atoms with van der Waals surface area (Å²) in [5.41, 5.74) is 2.28. The average Bonchev–Trinajstić information content (AvgIpc) is 3.55. The maximum atomic E-state index is 5.98. The number of halogens is 2. The summed E-state index contributed by atoms with van der Waals surface area (Å²) in [6.07, 6.45) is 29.7. The van der Waals surface area contributed by atoms with Crippen molar-refractivity contribution in [3.05, 3.63) is 14.9 Å². The maximum absolute atomic E-state index is 5.98. The molecule has 0 saturated heterocycles. The van der Waals surface area contributed by atoms with Crippen LogP contribution in [0, 0.1) is 50.4 Å². The molecule has 4 saturated carbocycles.